The predicted molar refractivity (Wildman–Crippen MR) is 40.4 cm³/mol. The average molecular weight is 155 g/mol. The lowest BCUT2D eigenvalue weighted by Gasteiger charge is -2.38. The van der Waals surface area contributed by atoms with Crippen LogP contribution in [0.25, 0.3) is 0 Å². The zero-order chi connectivity index (χ0) is 7.90. The van der Waals surface area contributed by atoms with E-state index >= 15 is 0 Å². The molecule has 62 valence electrons. The van der Waals surface area contributed by atoms with Gasteiger partial charge in [-0.25, -0.2) is 0 Å². The van der Waals surface area contributed by atoms with Gasteiger partial charge in [0.2, 0.25) is 0 Å². The Kier molecular flexibility index (Phi) is 1.42. The summed E-state index contributed by atoms with van der Waals surface area (Å²) in [6, 6.07) is 0.506. The third kappa shape index (κ3) is 1.13. The average Bonchev–Trinajstić information content (AvgIpc) is 2.60. The van der Waals surface area contributed by atoms with Crippen LogP contribution in [-0.2, 0) is 4.79 Å². The summed E-state index contributed by atoms with van der Waals surface area (Å²) in [6.45, 7) is 0. The summed E-state index contributed by atoms with van der Waals surface area (Å²) in [5.74, 6) is -0.657. The Hall–Kier alpha value is -0.570. The molecule has 2 saturated carbocycles. The van der Waals surface area contributed by atoms with Crippen LogP contribution in [0.15, 0.2) is 0 Å². The van der Waals surface area contributed by atoms with E-state index in [-0.39, 0.29) is 0 Å². The lowest BCUT2D eigenvalue weighted by molar-refractivity contribution is -0.148. The van der Waals surface area contributed by atoms with Crippen LogP contribution in [0.5, 0.6) is 0 Å². The number of aliphatic carboxylic acids is 1. The minimum absolute atomic E-state index is 0.506. The molecule has 0 radical (unpaired) electrons. The standard InChI is InChI=1S/C8H13NO2/c10-7(11)8(4-1-5-8)9-6-2-3-6/h6,9H,1-5H2,(H,10,11). The predicted octanol–water partition coefficient (Wildman–Crippen LogP) is 0.746. The molecular weight excluding hydrogens is 142 g/mol. The molecule has 0 spiro atoms. The van der Waals surface area contributed by atoms with Crippen LogP contribution in [0.4, 0.5) is 0 Å². The van der Waals surface area contributed by atoms with E-state index in [1.165, 1.54) is 0 Å². The monoisotopic (exact) mass is 155 g/mol. The fourth-order valence-electron chi connectivity index (χ4n) is 1.57. The molecule has 0 aromatic heterocycles. The van der Waals surface area contributed by atoms with E-state index in [2.05, 4.69) is 5.32 Å². The van der Waals surface area contributed by atoms with Crippen LogP contribution in [-0.4, -0.2) is 22.7 Å². The minimum Gasteiger partial charge on any atom is -0.480 e. The first-order chi connectivity index (χ1) is 5.23. The summed E-state index contributed by atoms with van der Waals surface area (Å²) in [6.07, 6.45) is 5.02. The first-order valence-corrected chi connectivity index (χ1v) is 4.24. The number of hydrogen-bond acceptors (Lipinski definition) is 2. The van der Waals surface area contributed by atoms with Crippen molar-refractivity contribution in [2.24, 2.45) is 0 Å². The molecule has 0 bridgehead atoms. The van der Waals surface area contributed by atoms with Crippen molar-refractivity contribution in [1.29, 1.82) is 0 Å². The molecule has 0 saturated heterocycles. The maximum Gasteiger partial charge on any atom is 0.323 e. The highest BCUT2D eigenvalue weighted by Crippen LogP contribution is 2.35. The highest BCUT2D eigenvalue weighted by atomic mass is 16.4. The topological polar surface area (TPSA) is 49.3 Å². The van der Waals surface area contributed by atoms with E-state index in [0.29, 0.717) is 6.04 Å². The third-order valence-corrected chi connectivity index (χ3v) is 2.67. The summed E-state index contributed by atoms with van der Waals surface area (Å²) in [5.41, 5.74) is -0.527. The third-order valence-electron chi connectivity index (χ3n) is 2.67. The molecule has 0 heterocycles. The van der Waals surface area contributed by atoms with Crippen molar-refractivity contribution >= 4 is 5.97 Å². The number of rotatable bonds is 3. The summed E-state index contributed by atoms with van der Waals surface area (Å²) in [4.78, 5) is 10.8. The van der Waals surface area contributed by atoms with Crippen LogP contribution < -0.4 is 5.32 Å². The fourth-order valence-corrected chi connectivity index (χ4v) is 1.57. The van der Waals surface area contributed by atoms with Crippen molar-refractivity contribution in [3.05, 3.63) is 0 Å². The molecule has 0 unspecified atom stereocenters. The quantitative estimate of drug-likeness (QED) is 0.632. The van der Waals surface area contributed by atoms with Crippen molar-refractivity contribution in [2.75, 3.05) is 0 Å². The van der Waals surface area contributed by atoms with Crippen LogP contribution in [0.2, 0.25) is 0 Å². The van der Waals surface area contributed by atoms with Gasteiger partial charge in [-0.05, 0) is 32.1 Å². The summed E-state index contributed by atoms with van der Waals surface area (Å²) < 4.78 is 0. The summed E-state index contributed by atoms with van der Waals surface area (Å²) in [7, 11) is 0. The van der Waals surface area contributed by atoms with Gasteiger partial charge in [0.05, 0.1) is 0 Å². The highest BCUT2D eigenvalue weighted by Gasteiger charge is 2.47. The Balaban J connectivity index is 1.97. The second-order valence-electron chi connectivity index (χ2n) is 3.66. The highest BCUT2D eigenvalue weighted by molar-refractivity contribution is 5.80. The van der Waals surface area contributed by atoms with Gasteiger partial charge in [-0.2, -0.15) is 0 Å². The van der Waals surface area contributed by atoms with Gasteiger partial charge in [0.25, 0.3) is 0 Å². The Bertz CT molecular complexity index is 183. The van der Waals surface area contributed by atoms with Gasteiger partial charge in [0.1, 0.15) is 5.54 Å². The SMILES string of the molecule is O=C(O)C1(NC2CC2)CCC1. The lowest BCUT2D eigenvalue weighted by atomic mass is 9.77. The van der Waals surface area contributed by atoms with Crippen molar-refractivity contribution in [3.8, 4) is 0 Å². The van der Waals surface area contributed by atoms with Gasteiger partial charge in [-0.1, -0.05) is 0 Å². The second kappa shape index (κ2) is 2.21. The molecule has 0 aliphatic heterocycles. The van der Waals surface area contributed by atoms with Crippen molar-refractivity contribution in [2.45, 2.75) is 43.7 Å². The zero-order valence-electron chi connectivity index (χ0n) is 6.47. The molecule has 3 heteroatoms. The van der Waals surface area contributed by atoms with Gasteiger partial charge < -0.3 is 5.11 Å². The zero-order valence-corrected chi connectivity index (χ0v) is 6.47. The number of carbonyl (C=O) groups is 1. The molecule has 2 aliphatic rings. The minimum atomic E-state index is -0.657. The normalized spacial score (nSPS) is 27.6. The molecule has 2 N–H and O–H groups in total. The van der Waals surface area contributed by atoms with Crippen molar-refractivity contribution in [1.82, 2.24) is 5.32 Å². The van der Waals surface area contributed by atoms with E-state index in [9.17, 15) is 4.79 Å². The van der Waals surface area contributed by atoms with Crippen LogP contribution in [0.3, 0.4) is 0 Å². The fraction of sp³-hybridized carbons (Fsp3) is 0.875. The van der Waals surface area contributed by atoms with Gasteiger partial charge in [-0.3, -0.25) is 10.1 Å². The Morgan fingerprint density at radius 1 is 1.45 bits per heavy atom. The molecule has 2 fully saturated rings. The van der Waals surface area contributed by atoms with E-state index in [0.717, 1.165) is 32.1 Å². The maximum absolute atomic E-state index is 10.8. The largest absolute Gasteiger partial charge is 0.480 e. The summed E-state index contributed by atoms with van der Waals surface area (Å²) >= 11 is 0. The number of hydrogen-bond donors (Lipinski definition) is 2. The molecule has 2 aliphatic carbocycles. The van der Waals surface area contributed by atoms with Gasteiger partial charge >= 0.3 is 5.97 Å². The van der Waals surface area contributed by atoms with Crippen LogP contribution in [0, 0.1) is 0 Å². The molecule has 3 nitrogen and oxygen atoms in total. The first kappa shape index (κ1) is 7.10. The molecule has 0 aromatic rings. The van der Waals surface area contributed by atoms with E-state index in [1.54, 1.807) is 0 Å². The maximum atomic E-state index is 10.8. The van der Waals surface area contributed by atoms with E-state index < -0.39 is 11.5 Å². The smallest absolute Gasteiger partial charge is 0.323 e. The molecular formula is C8H13NO2. The molecule has 2 rings (SSSR count). The molecule has 0 amide bonds. The summed E-state index contributed by atoms with van der Waals surface area (Å²) in [5, 5.41) is 12.1. The van der Waals surface area contributed by atoms with E-state index in [4.69, 9.17) is 5.11 Å². The molecule has 11 heavy (non-hydrogen) atoms. The Morgan fingerprint density at radius 2 is 2.09 bits per heavy atom. The molecule has 0 atom stereocenters. The number of carboxylic acid groups (broad SMARTS) is 1. The number of nitrogens with one attached hydrogen (secondary N) is 1. The Labute approximate surface area is 65.8 Å². The van der Waals surface area contributed by atoms with Crippen LogP contribution >= 0.6 is 0 Å². The van der Waals surface area contributed by atoms with Crippen molar-refractivity contribution < 1.29 is 9.90 Å². The van der Waals surface area contributed by atoms with E-state index in [1.807, 2.05) is 0 Å². The number of carboxylic acids is 1. The lowest BCUT2D eigenvalue weighted by Crippen LogP contribution is -2.57. The van der Waals surface area contributed by atoms with Gasteiger partial charge in [0.15, 0.2) is 0 Å². The van der Waals surface area contributed by atoms with Crippen molar-refractivity contribution in [3.63, 3.8) is 0 Å². The second-order valence-corrected chi connectivity index (χ2v) is 3.66. The Morgan fingerprint density at radius 3 is 2.36 bits per heavy atom. The van der Waals surface area contributed by atoms with Gasteiger partial charge in [0, 0.05) is 6.04 Å². The molecule has 0 aromatic carbocycles. The first-order valence-electron chi connectivity index (χ1n) is 4.24. The van der Waals surface area contributed by atoms with Crippen LogP contribution in [0.1, 0.15) is 32.1 Å². The van der Waals surface area contributed by atoms with Gasteiger partial charge in [-0.15, -0.1) is 0 Å².